The van der Waals surface area contributed by atoms with Crippen LogP contribution in [-0.4, -0.2) is 15.9 Å². The smallest absolute Gasteiger partial charge is 0.303 e. The van der Waals surface area contributed by atoms with Gasteiger partial charge in [-0.3, -0.25) is 4.52 Å². The molecule has 4 nitrogen and oxygen atoms in total. The predicted octanol–water partition coefficient (Wildman–Crippen LogP) is 3.18. The lowest BCUT2D eigenvalue weighted by Crippen LogP contribution is -2.10. The molecule has 0 aliphatic carbocycles. The molecule has 0 heterocycles. The standard InChI is InChI=1S/C11H21O4P/c1-3-5-6-7-8-10-11(9-4-2)15-16(12,13)14/h3-4,11H,1-2,5-10H2,(H2,12,13,14). The van der Waals surface area contributed by atoms with Gasteiger partial charge in [-0.15, -0.1) is 13.2 Å². The third-order valence-electron chi connectivity index (χ3n) is 2.15. The molecule has 5 heteroatoms. The summed E-state index contributed by atoms with van der Waals surface area (Å²) in [6.45, 7) is 7.17. The van der Waals surface area contributed by atoms with E-state index in [0.717, 1.165) is 25.7 Å². The second-order valence-electron chi connectivity index (χ2n) is 3.67. The molecule has 0 saturated carbocycles. The van der Waals surface area contributed by atoms with Crippen LogP contribution in [0.4, 0.5) is 0 Å². The van der Waals surface area contributed by atoms with E-state index in [4.69, 9.17) is 9.79 Å². The number of phosphoric acid groups is 1. The number of hydrogen-bond acceptors (Lipinski definition) is 2. The Balaban J connectivity index is 3.80. The van der Waals surface area contributed by atoms with Crippen molar-refractivity contribution >= 4 is 7.82 Å². The van der Waals surface area contributed by atoms with Crippen molar-refractivity contribution in [2.24, 2.45) is 0 Å². The van der Waals surface area contributed by atoms with Gasteiger partial charge < -0.3 is 9.79 Å². The molecule has 0 bridgehead atoms. The van der Waals surface area contributed by atoms with Gasteiger partial charge in [-0.25, -0.2) is 4.57 Å². The van der Waals surface area contributed by atoms with Crippen LogP contribution in [0.25, 0.3) is 0 Å². The van der Waals surface area contributed by atoms with Gasteiger partial charge in [0.05, 0.1) is 6.10 Å². The maximum Gasteiger partial charge on any atom is 0.469 e. The topological polar surface area (TPSA) is 66.8 Å². The van der Waals surface area contributed by atoms with E-state index in [2.05, 4.69) is 17.7 Å². The van der Waals surface area contributed by atoms with E-state index in [0.29, 0.717) is 12.8 Å². The molecule has 0 aliphatic rings. The molecular weight excluding hydrogens is 227 g/mol. The Bertz CT molecular complexity index is 246. The van der Waals surface area contributed by atoms with Crippen LogP contribution < -0.4 is 0 Å². The van der Waals surface area contributed by atoms with Crippen molar-refractivity contribution in [2.75, 3.05) is 0 Å². The third-order valence-corrected chi connectivity index (χ3v) is 2.72. The number of allylic oxidation sites excluding steroid dienone is 1. The fourth-order valence-corrected chi connectivity index (χ4v) is 2.01. The van der Waals surface area contributed by atoms with Crippen molar-refractivity contribution in [2.45, 2.75) is 44.6 Å². The number of phosphoric ester groups is 1. The monoisotopic (exact) mass is 248 g/mol. The van der Waals surface area contributed by atoms with Gasteiger partial charge >= 0.3 is 7.82 Å². The van der Waals surface area contributed by atoms with E-state index in [-0.39, 0.29) is 0 Å². The van der Waals surface area contributed by atoms with Crippen LogP contribution >= 0.6 is 7.82 Å². The van der Waals surface area contributed by atoms with Crippen molar-refractivity contribution in [1.82, 2.24) is 0 Å². The molecule has 2 N–H and O–H groups in total. The van der Waals surface area contributed by atoms with E-state index in [9.17, 15) is 4.57 Å². The molecule has 0 aromatic rings. The number of unbranched alkanes of at least 4 members (excludes halogenated alkanes) is 3. The van der Waals surface area contributed by atoms with Gasteiger partial charge in [0, 0.05) is 0 Å². The van der Waals surface area contributed by atoms with E-state index in [1.165, 1.54) is 0 Å². The van der Waals surface area contributed by atoms with Crippen molar-refractivity contribution < 1.29 is 18.9 Å². The summed E-state index contributed by atoms with van der Waals surface area (Å²) in [6, 6.07) is 0. The summed E-state index contributed by atoms with van der Waals surface area (Å²) in [6.07, 6.45) is 8.11. The molecule has 0 saturated heterocycles. The Labute approximate surface area is 97.3 Å². The molecule has 94 valence electrons. The average Bonchev–Trinajstić information content (AvgIpc) is 2.15. The molecule has 0 amide bonds. The van der Waals surface area contributed by atoms with Gasteiger partial charge in [-0.1, -0.05) is 25.0 Å². The molecule has 1 atom stereocenters. The zero-order valence-electron chi connectivity index (χ0n) is 9.55. The molecule has 0 rings (SSSR count). The van der Waals surface area contributed by atoms with Gasteiger partial charge in [0.1, 0.15) is 0 Å². The second-order valence-corrected chi connectivity index (χ2v) is 4.86. The van der Waals surface area contributed by atoms with E-state index in [1.54, 1.807) is 6.08 Å². The van der Waals surface area contributed by atoms with Gasteiger partial charge in [0.2, 0.25) is 0 Å². The van der Waals surface area contributed by atoms with E-state index in [1.807, 2.05) is 6.08 Å². The molecular formula is C11H21O4P. The summed E-state index contributed by atoms with van der Waals surface area (Å²) in [4.78, 5) is 17.4. The van der Waals surface area contributed by atoms with Crippen LogP contribution in [0.2, 0.25) is 0 Å². The van der Waals surface area contributed by atoms with E-state index >= 15 is 0 Å². The first-order valence-corrected chi connectivity index (χ1v) is 6.98. The summed E-state index contributed by atoms with van der Waals surface area (Å²) in [5.41, 5.74) is 0. The molecule has 0 spiro atoms. The Hall–Kier alpha value is -0.410. The molecule has 0 aromatic heterocycles. The van der Waals surface area contributed by atoms with Crippen LogP contribution in [0, 0.1) is 0 Å². The highest BCUT2D eigenvalue weighted by Gasteiger charge is 2.20. The first kappa shape index (κ1) is 15.6. The first-order chi connectivity index (χ1) is 7.49. The lowest BCUT2D eigenvalue weighted by molar-refractivity contribution is 0.126. The Morgan fingerprint density at radius 1 is 1.19 bits per heavy atom. The van der Waals surface area contributed by atoms with E-state index < -0.39 is 13.9 Å². The minimum Gasteiger partial charge on any atom is -0.303 e. The quantitative estimate of drug-likeness (QED) is 0.354. The molecule has 1 unspecified atom stereocenters. The lowest BCUT2D eigenvalue weighted by atomic mass is 10.1. The minimum absolute atomic E-state index is 0.429. The van der Waals surface area contributed by atoms with Crippen molar-refractivity contribution in [3.8, 4) is 0 Å². The molecule has 0 aliphatic heterocycles. The summed E-state index contributed by atoms with van der Waals surface area (Å²) in [5.74, 6) is 0. The number of hydrogen-bond donors (Lipinski definition) is 2. The SMILES string of the molecule is C=CCCCCCC(CC=C)OP(=O)(O)O. The van der Waals surface area contributed by atoms with Gasteiger partial charge in [0.25, 0.3) is 0 Å². The highest BCUT2D eigenvalue weighted by molar-refractivity contribution is 7.46. The highest BCUT2D eigenvalue weighted by Crippen LogP contribution is 2.39. The van der Waals surface area contributed by atoms with Crippen molar-refractivity contribution in [1.29, 1.82) is 0 Å². The van der Waals surface area contributed by atoms with Crippen molar-refractivity contribution in [3.05, 3.63) is 25.3 Å². The molecule has 0 aromatic carbocycles. The van der Waals surface area contributed by atoms with Gasteiger partial charge in [-0.05, 0) is 25.7 Å². The first-order valence-electron chi connectivity index (χ1n) is 5.45. The lowest BCUT2D eigenvalue weighted by Gasteiger charge is -2.16. The zero-order valence-corrected chi connectivity index (χ0v) is 10.4. The Kier molecular flexibility index (Phi) is 8.49. The second kappa shape index (κ2) is 8.71. The predicted molar refractivity (Wildman–Crippen MR) is 65.0 cm³/mol. The zero-order chi connectivity index (χ0) is 12.4. The van der Waals surface area contributed by atoms with Crippen LogP contribution in [-0.2, 0) is 9.09 Å². The number of rotatable bonds is 10. The largest absolute Gasteiger partial charge is 0.469 e. The van der Waals surface area contributed by atoms with Crippen LogP contribution in [0.15, 0.2) is 25.3 Å². The fourth-order valence-electron chi connectivity index (χ4n) is 1.43. The maximum atomic E-state index is 10.7. The maximum absolute atomic E-state index is 10.7. The minimum atomic E-state index is -4.38. The molecule has 0 fully saturated rings. The Morgan fingerprint density at radius 3 is 2.38 bits per heavy atom. The van der Waals surface area contributed by atoms with Gasteiger partial charge in [-0.2, -0.15) is 0 Å². The van der Waals surface area contributed by atoms with Crippen LogP contribution in [0.5, 0.6) is 0 Å². The summed E-state index contributed by atoms with van der Waals surface area (Å²) >= 11 is 0. The van der Waals surface area contributed by atoms with Gasteiger partial charge in [0.15, 0.2) is 0 Å². The molecule has 0 radical (unpaired) electrons. The highest BCUT2D eigenvalue weighted by atomic mass is 31.2. The van der Waals surface area contributed by atoms with Crippen LogP contribution in [0.3, 0.4) is 0 Å². The summed E-state index contributed by atoms with van der Waals surface area (Å²) < 4.78 is 15.3. The third kappa shape index (κ3) is 10.1. The normalized spacial score (nSPS) is 13.4. The summed E-state index contributed by atoms with van der Waals surface area (Å²) in [5, 5.41) is 0. The summed E-state index contributed by atoms with van der Waals surface area (Å²) in [7, 11) is -4.38. The molecule has 16 heavy (non-hydrogen) atoms. The average molecular weight is 248 g/mol. The fraction of sp³-hybridized carbons (Fsp3) is 0.636. The Morgan fingerprint density at radius 2 is 1.88 bits per heavy atom. The van der Waals surface area contributed by atoms with Crippen molar-refractivity contribution in [3.63, 3.8) is 0 Å². The van der Waals surface area contributed by atoms with Crippen LogP contribution in [0.1, 0.15) is 38.5 Å².